The summed E-state index contributed by atoms with van der Waals surface area (Å²) >= 11 is 0. The molecule has 1 aliphatic carbocycles. The first kappa shape index (κ1) is 72.6. The smallest absolute Gasteiger partial charge is 0.416 e. The van der Waals surface area contributed by atoms with E-state index >= 15 is 0 Å². The molecule has 6 aromatic rings. The van der Waals surface area contributed by atoms with Crippen LogP contribution in [0.3, 0.4) is 0 Å². The van der Waals surface area contributed by atoms with E-state index in [-0.39, 0.29) is 55.6 Å². The van der Waals surface area contributed by atoms with Crippen molar-refractivity contribution in [2.24, 2.45) is 0 Å². The zero-order chi connectivity index (χ0) is 69.6. The molecular formula is C76H89F7N8O7. The van der Waals surface area contributed by atoms with Crippen LogP contribution in [0.15, 0.2) is 158 Å². The first-order chi connectivity index (χ1) is 47.0. The Bertz CT molecular complexity index is 3660. The number of carbonyl (C=O) groups excluding carboxylic acids is 4. The molecule has 3 fully saturated rings. The van der Waals surface area contributed by atoms with E-state index in [2.05, 4.69) is 57.3 Å². The third kappa shape index (κ3) is 18.6. The number of anilines is 1. The van der Waals surface area contributed by atoms with Gasteiger partial charge in [-0.25, -0.2) is 4.39 Å². The molecule has 6 aromatic carbocycles. The van der Waals surface area contributed by atoms with Crippen molar-refractivity contribution in [3.8, 4) is 11.1 Å². The minimum absolute atomic E-state index is 0.0259. The number of carbonyl (C=O) groups is 4. The summed E-state index contributed by atoms with van der Waals surface area (Å²) < 4.78 is 116. The number of para-hydroxylation sites is 1. The van der Waals surface area contributed by atoms with Crippen molar-refractivity contribution in [3.63, 3.8) is 0 Å². The van der Waals surface area contributed by atoms with Gasteiger partial charge in [0, 0.05) is 108 Å². The van der Waals surface area contributed by atoms with Crippen LogP contribution in [-0.4, -0.2) is 172 Å². The third-order valence-electron chi connectivity index (χ3n) is 19.8. The number of likely N-dealkylation sites (N-methyl/N-ethyl adjacent to an activating group) is 2. The Kier molecular flexibility index (Phi) is 24.2. The lowest BCUT2D eigenvalue weighted by Crippen LogP contribution is -2.50. The van der Waals surface area contributed by atoms with Crippen molar-refractivity contribution < 1.29 is 64.1 Å². The van der Waals surface area contributed by atoms with Gasteiger partial charge in [0.05, 0.1) is 23.8 Å². The number of nitrogens with one attached hydrogen (secondary N) is 2. The van der Waals surface area contributed by atoms with Crippen LogP contribution < -0.4 is 10.6 Å². The van der Waals surface area contributed by atoms with Crippen LogP contribution in [0.2, 0.25) is 0 Å². The van der Waals surface area contributed by atoms with Crippen LogP contribution in [0.5, 0.6) is 0 Å². The summed E-state index contributed by atoms with van der Waals surface area (Å²) in [6, 6.07) is 40.4. The van der Waals surface area contributed by atoms with Gasteiger partial charge in [-0.1, -0.05) is 103 Å². The van der Waals surface area contributed by atoms with E-state index in [1.165, 1.54) is 29.8 Å². The number of hydrogen-bond acceptors (Lipinski definition) is 11. The van der Waals surface area contributed by atoms with Gasteiger partial charge < -0.3 is 54.2 Å². The minimum Gasteiger partial charge on any atom is -0.476 e. The van der Waals surface area contributed by atoms with Gasteiger partial charge in [-0.3, -0.25) is 19.2 Å². The number of hydrogen-bond donors (Lipinski definition) is 2. The highest BCUT2D eigenvalue weighted by Gasteiger charge is 2.50. The molecule has 1 spiro atoms. The fourth-order valence-electron chi connectivity index (χ4n) is 14.0. The number of benzene rings is 6. The Balaban J connectivity index is 0.605. The highest BCUT2D eigenvalue weighted by Crippen LogP contribution is 2.49. The molecule has 15 nitrogen and oxygen atoms in total. The van der Waals surface area contributed by atoms with E-state index in [1.807, 2.05) is 78.7 Å². The average molecular weight is 1360 g/mol. The van der Waals surface area contributed by atoms with E-state index in [1.54, 1.807) is 30.0 Å². The molecule has 3 saturated heterocycles. The topological polar surface area (TPSA) is 139 Å². The van der Waals surface area contributed by atoms with Crippen LogP contribution in [0, 0.1) is 5.82 Å². The Labute approximate surface area is 569 Å². The third-order valence-corrected chi connectivity index (χ3v) is 19.8. The van der Waals surface area contributed by atoms with Gasteiger partial charge in [-0.2, -0.15) is 26.3 Å². The summed E-state index contributed by atoms with van der Waals surface area (Å²) in [4.78, 5) is 64.9. The molecule has 3 aliphatic heterocycles. The maximum Gasteiger partial charge on any atom is 0.416 e. The Morgan fingerprint density at radius 1 is 0.673 bits per heavy atom. The maximum absolute atomic E-state index is 14.3. The van der Waals surface area contributed by atoms with E-state index in [0.29, 0.717) is 107 Å². The summed E-state index contributed by atoms with van der Waals surface area (Å²) in [6.45, 7) is 10.5. The lowest BCUT2D eigenvalue weighted by Gasteiger charge is -2.44. The molecule has 524 valence electrons. The van der Waals surface area contributed by atoms with Crippen LogP contribution in [0.4, 0.5) is 36.4 Å². The van der Waals surface area contributed by atoms with Crippen molar-refractivity contribution in [3.05, 3.63) is 208 Å². The molecule has 0 bridgehead atoms. The fraction of sp³-hybridized carbons (Fsp3) is 0.447. The molecule has 4 amide bonds. The number of nitrogens with zero attached hydrogens (tertiary/aromatic N) is 6. The molecule has 0 unspecified atom stereocenters. The molecule has 2 atom stereocenters. The normalized spacial score (nSPS) is 18.1. The molecular weight excluding hydrogens is 1270 g/mol. The number of amides is 4. The van der Waals surface area contributed by atoms with Gasteiger partial charge in [0.25, 0.3) is 11.8 Å². The molecule has 0 radical (unpaired) electrons. The first-order valence-corrected chi connectivity index (χ1v) is 33.9. The molecule has 0 saturated carbocycles. The summed E-state index contributed by atoms with van der Waals surface area (Å²) in [5, 5.41) is 6.86. The van der Waals surface area contributed by atoms with Gasteiger partial charge in [0.15, 0.2) is 5.88 Å². The second-order valence-electron chi connectivity index (χ2n) is 26.5. The van der Waals surface area contributed by atoms with Crippen LogP contribution >= 0.6 is 0 Å². The predicted molar refractivity (Wildman–Crippen MR) is 362 cm³/mol. The Morgan fingerprint density at radius 3 is 2.06 bits per heavy atom. The van der Waals surface area contributed by atoms with Crippen molar-refractivity contribution in [2.45, 2.75) is 113 Å². The summed E-state index contributed by atoms with van der Waals surface area (Å²) in [7, 11) is 5.37. The number of rotatable bonds is 29. The van der Waals surface area contributed by atoms with Gasteiger partial charge in [-0.05, 0) is 160 Å². The first-order valence-electron chi connectivity index (χ1n) is 33.9. The molecule has 98 heavy (non-hydrogen) atoms. The largest absolute Gasteiger partial charge is 0.476 e. The van der Waals surface area contributed by atoms with Crippen LogP contribution in [0.1, 0.15) is 118 Å². The maximum atomic E-state index is 14.3. The summed E-state index contributed by atoms with van der Waals surface area (Å²) in [6.07, 6.45) is -2.81. The van der Waals surface area contributed by atoms with Gasteiger partial charge in [0.1, 0.15) is 30.9 Å². The monoisotopic (exact) mass is 1360 g/mol. The number of piperidine rings is 2. The molecule has 10 rings (SSSR count). The average Bonchev–Trinajstić information content (AvgIpc) is 1.58. The van der Waals surface area contributed by atoms with E-state index < -0.39 is 58.5 Å². The quantitative estimate of drug-likeness (QED) is 0.0264. The highest BCUT2D eigenvalue weighted by atomic mass is 19.4. The zero-order valence-electron chi connectivity index (χ0n) is 56.1. The van der Waals surface area contributed by atoms with E-state index in [9.17, 15) is 49.9 Å². The number of ether oxygens (including phenoxy) is 3. The van der Waals surface area contributed by atoms with Crippen molar-refractivity contribution in [1.82, 2.24) is 34.7 Å². The lowest BCUT2D eigenvalue weighted by atomic mass is 9.72. The lowest BCUT2D eigenvalue weighted by molar-refractivity contribution is -0.143. The molecule has 22 heteroatoms. The number of halogens is 7. The van der Waals surface area contributed by atoms with Crippen molar-refractivity contribution in [1.29, 1.82) is 0 Å². The second-order valence-corrected chi connectivity index (χ2v) is 26.5. The minimum atomic E-state index is -5.15. The standard InChI is InChI=1S/C76H89F7N8O7/c1-54(85-67-24-13-11-22-65(67)56-18-7-5-8-19-56)98-64-30-38-89(39-31-64)44-43-87(3)69(92)25-9-6-14-35-84-50-55-17-15-21-58(45-55)71(94)88(4)37-16-36-86(2)70(93)51-96-68-48-57-20-10-12-23-66(57)73(68)32-40-90(41-33-73)42-34-74(60-26-28-63(77)29-27-60)52-91(53-97-74)72(95)59-46-61(75(78,79)80)49-62(47-59)76(81,82)83/h5,7-8,10-13,15,17-24,26-29,45-47,49,64,68,84-85H,1,6,9,14,16,25,30-44,48,50-53H2,2-4H3/t68-,74-/m0/s1. The van der Waals surface area contributed by atoms with Crippen LogP contribution in [0.25, 0.3) is 11.1 Å². The number of fused-ring (bicyclic) bond motifs is 2. The predicted octanol–water partition coefficient (Wildman–Crippen LogP) is 13.0. The molecule has 3 heterocycles. The zero-order valence-corrected chi connectivity index (χ0v) is 56.1. The van der Waals surface area contributed by atoms with Crippen LogP contribution in [-0.2, 0) is 60.1 Å². The van der Waals surface area contributed by atoms with Gasteiger partial charge in [-0.15, -0.1) is 0 Å². The fourth-order valence-corrected chi connectivity index (χ4v) is 14.0. The number of alkyl halides is 6. The van der Waals surface area contributed by atoms with Crippen molar-refractivity contribution in [2.75, 3.05) is 112 Å². The van der Waals surface area contributed by atoms with Gasteiger partial charge >= 0.3 is 12.4 Å². The summed E-state index contributed by atoms with van der Waals surface area (Å²) in [5.74, 6) is -1.21. The summed E-state index contributed by atoms with van der Waals surface area (Å²) in [5.41, 5.74) is 1.87. The SMILES string of the molecule is C=C(Nc1ccccc1-c1ccccc1)OC1CCN(CCN(C)C(=O)CCCCCNCc2cccc(C(=O)N(C)CCCN(C)C(=O)CO[C@H]3Cc4ccccc4C34CCN(CC[C@@]3(c5ccc(F)cc5)CN(C(=O)c5cc(C(F)(F)F)cc(C(F)(F)F)c5)CO3)CC4)c2)CC1. The molecule has 4 aliphatic rings. The van der Waals surface area contributed by atoms with Gasteiger partial charge in [0.2, 0.25) is 11.8 Å². The molecule has 2 N–H and O–H groups in total. The second kappa shape index (κ2) is 32.7. The van der Waals surface area contributed by atoms with E-state index in [4.69, 9.17) is 14.2 Å². The number of likely N-dealkylation sites (tertiary alicyclic amines) is 2. The number of unbranched alkanes of at least 4 members (excludes halogenated alkanes) is 2. The Morgan fingerprint density at radius 2 is 1.34 bits per heavy atom. The Hall–Kier alpha value is -8.15. The molecule has 0 aromatic heterocycles. The van der Waals surface area contributed by atoms with Crippen molar-refractivity contribution >= 4 is 29.3 Å². The van der Waals surface area contributed by atoms with E-state index in [0.717, 1.165) is 91.1 Å². The highest BCUT2D eigenvalue weighted by molar-refractivity contribution is 5.95.